The van der Waals surface area contributed by atoms with Gasteiger partial charge in [0, 0.05) is 30.2 Å². The first kappa shape index (κ1) is 14.5. The summed E-state index contributed by atoms with van der Waals surface area (Å²) in [5, 5.41) is 12.3. The Hall–Kier alpha value is -0.910. The highest BCUT2D eigenvalue weighted by atomic mass is 79.9. The van der Waals surface area contributed by atoms with Crippen molar-refractivity contribution in [2.24, 2.45) is 7.05 Å². The molecule has 4 nitrogen and oxygen atoms in total. The second-order valence-corrected chi connectivity index (χ2v) is 5.63. The average Bonchev–Trinajstić information content (AvgIpc) is 2.78. The number of benzene rings is 1. The Morgan fingerprint density at radius 3 is 2.84 bits per heavy atom. The van der Waals surface area contributed by atoms with Crippen LogP contribution in [-0.2, 0) is 13.5 Å². The highest BCUT2D eigenvalue weighted by Crippen LogP contribution is 2.27. The lowest BCUT2D eigenvalue weighted by Crippen LogP contribution is -2.23. The lowest BCUT2D eigenvalue weighted by atomic mass is 10.0. The number of nitrogens with one attached hydrogen (secondary N) is 1. The minimum atomic E-state index is 0.187. The standard InChI is InChI=1S/C13H16BrClN4/c1-3-16-13(7-10-8-19(2)18-17-10)9-4-5-11(14)12(15)6-9/h4-6,8,13,16H,3,7H2,1-2H3. The molecule has 0 aliphatic rings. The van der Waals surface area contributed by atoms with E-state index < -0.39 is 0 Å². The zero-order valence-electron chi connectivity index (χ0n) is 10.9. The van der Waals surface area contributed by atoms with Crippen LogP contribution in [0.5, 0.6) is 0 Å². The summed E-state index contributed by atoms with van der Waals surface area (Å²) in [4.78, 5) is 0. The van der Waals surface area contributed by atoms with Gasteiger partial charge in [-0.1, -0.05) is 29.8 Å². The molecular weight excluding hydrogens is 328 g/mol. The third kappa shape index (κ3) is 3.78. The van der Waals surface area contributed by atoms with E-state index in [-0.39, 0.29) is 6.04 Å². The molecule has 1 heterocycles. The van der Waals surface area contributed by atoms with Crippen LogP contribution in [0, 0.1) is 0 Å². The molecule has 0 aliphatic carbocycles. The van der Waals surface area contributed by atoms with Gasteiger partial charge >= 0.3 is 0 Å². The lowest BCUT2D eigenvalue weighted by Gasteiger charge is -2.17. The van der Waals surface area contributed by atoms with Gasteiger partial charge in [0.2, 0.25) is 0 Å². The van der Waals surface area contributed by atoms with Crippen molar-refractivity contribution < 1.29 is 0 Å². The number of aromatic nitrogens is 3. The van der Waals surface area contributed by atoms with Gasteiger partial charge in [0.15, 0.2) is 0 Å². The van der Waals surface area contributed by atoms with E-state index in [1.54, 1.807) is 4.68 Å². The van der Waals surface area contributed by atoms with Crippen LogP contribution < -0.4 is 5.32 Å². The fourth-order valence-corrected chi connectivity index (χ4v) is 2.42. The Labute approximate surface area is 126 Å². The Bertz CT molecular complexity index is 555. The highest BCUT2D eigenvalue weighted by molar-refractivity contribution is 9.10. The molecule has 0 radical (unpaired) electrons. The molecule has 1 aromatic carbocycles. The quantitative estimate of drug-likeness (QED) is 0.907. The molecule has 0 spiro atoms. The molecule has 0 bridgehead atoms. The summed E-state index contributed by atoms with van der Waals surface area (Å²) in [7, 11) is 1.87. The Kier molecular flexibility index (Phi) is 4.96. The van der Waals surface area contributed by atoms with Crippen molar-refractivity contribution in [2.75, 3.05) is 6.54 Å². The molecule has 0 fully saturated rings. The summed E-state index contributed by atoms with van der Waals surface area (Å²) < 4.78 is 2.63. The SMILES string of the molecule is CCNC(Cc1cn(C)nn1)c1ccc(Br)c(Cl)c1. The first-order chi connectivity index (χ1) is 9.10. The molecule has 19 heavy (non-hydrogen) atoms. The molecule has 102 valence electrons. The van der Waals surface area contributed by atoms with E-state index in [1.807, 2.05) is 25.4 Å². The molecular formula is C13H16BrClN4. The van der Waals surface area contributed by atoms with Crippen molar-refractivity contribution in [1.29, 1.82) is 0 Å². The molecule has 1 aromatic heterocycles. The van der Waals surface area contributed by atoms with E-state index in [0.717, 1.165) is 33.7 Å². The molecule has 1 unspecified atom stereocenters. The average molecular weight is 344 g/mol. The normalized spacial score (nSPS) is 12.6. The van der Waals surface area contributed by atoms with Crippen molar-refractivity contribution in [1.82, 2.24) is 20.3 Å². The fraction of sp³-hybridized carbons (Fsp3) is 0.385. The van der Waals surface area contributed by atoms with Crippen LogP contribution in [0.2, 0.25) is 5.02 Å². The van der Waals surface area contributed by atoms with Crippen molar-refractivity contribution in [3.63, 3.8) is 0 Å². The minimum absolute atomic E-state index is 0.187. The van der Waals surface area contributed by atoms with Gasteiger partial charge in [0.1, 0.15) is 0 Å². The van der Waals surface area contributed by atoms with Crippen LogP contribution in [0.25, 0.3) is 0 Å². The summed E-state index contributed by atoms with van der Waals surface area (Å²) in [6, 6.07) is 6.21. The first-order valence-corrected chi connectivity index (χ1v) is 7.30. The smallest absolute Gasteiger partial charge is 0.0845 e. The van der Waals surface area contributed by atoms with Crippen LogP contribution in [0.15, 0.2) is 28.9 Å². The van der Waals surface area contributed by atoms with Crippen molar-refractivity contribution in [3.8, 4) is 0 Å². The molecule has 1 N–H and O–H groups in total. The van der Waals surface area contributed by atoms with Crippen LogP contribution in [0.3, 0.4) is 0 Å². The zero-order chi connectivity index (χ0) is 13.8. The second-order valence-electron chi connectivity index (χ2n) is 4.37. The minimum Gasteiger partial charge on any atom is -0.310 e. The summed E-state index contributed by atoms with van der Waals surface area (Å²) in [6.45, 7) is 2.97. The molecule has 0 saturated heterocycles. The monoisotopic (exact) mass is 342 g/mol. The molecule has 0 amide bonds. The Balaban J connectivity index is 2.21. The predicted molar refractivity (Wildman–Crippen MR) is 80.3 cm³/mol. The Morgan fingerprint density at radius 1 is 1.47 bits per heavy atom. The van der Waals surface area contributed by atoms with Gasteiger partial charge < -0.3 is 5.32 Å². The topological polar surface area (TPSA) is 42.7 Å². The maximum Gasteiger partial charge on any atom is 0.0845 e. The third-order valence-corrected chi connectivity index (χ3v) is 4.09. The van der Waals surface area contributed by atoms with Crippen molar-refractivity contribution in [2.45, 2.75) is 19.4 Å². The molecule has 2 aromatic rings. The van der Waals surface area contributed by atoms with Crippen LogP contribution >= 0.6 is 27.5 Å². The van der Waals surface area contributed by atoms with Gasteiger partial charge in [-0.15, -0.1) is 5.10 Å². The molecule has 1 atom stereocenters. The largest absolute Gasteiger partial charge is 0.310 e. The number of halogens is 2. The van der Waals surface area contributed by atoms with Gasteiger partial charge in [-0.2, -0.15) is 0 Å². The Morgan fingerprint density at radius 2 is 2.26 bits per heavy atom. The number of rotatable bonds is 5. The predicted octanol–water partition coefficient (Wildman–Crippen LogP) is 3.12. The van der Waals surface area contributed by atoms with Crippen molar-refractivity contribution >= 4 is 27.5 Å². The molecule has 0 saturated carbocycles. The van der Waals surface area contributed by atoms with Gasteiger partial charge in [-0.3, -0.25) is 4.68 Å². The maximum atomic E-state index is 6.16. The summed E-state index contributed by atoms with van der Waals surface area (Å²) in [5.74, 6) is 0. The van der Waals surface area contributed by atoms with Crippen LogP contribution in [0.1, 0.15) is 24.2 Å². The van der Waals surface area contributed by atoms with E-state index in [2.05, 4.69) is 44.5 Å². The fourth-order valence-electron chi connectivity index (χ4n) is 1.98. The zero-order valence-corrected chi connectivity index (χ0v) is 13.2. The maximum absolute atomic E-state index is 6.16. The van der Waals surface area contributed by atoms with Gasteiger partial charge in [0.25, 0.3) is 0 Å². The van der Waals surface area contributed by atoms with E-state index in [4.69, 9.17) is 11.6 Å². The number of hydrogen-bond acceptors (Lipinski definition) is 3. The van der Waals surface area contributed by atoms with Crippen molar-refractivity contribution in [3.05, 3.63) is 45.1 Å². The van der Waals surface area contributed by atoms with Gasteiger partial charge in [-0.25, -0.2) is 0 Å². The first-order valence-electron chi connectivity index (χ1n) is 6.13. The highest BCUT2D eigenvalue weighted by Gasteiger charge is 2.14. The third-order valence-electron chi connectivity index (χ3n) is 2.86. The lowest BCUT2D eigenvalue weighted by molar-refractivity contribution is 0.543. The number of hydrogen-bond donors (Lipinski definition) is 1. The number of nitrogens with zero attached hydrogens (tertiary/aromatic N) is 3. The van der Waals surface area contributed by atoms with Gasteiger partial charge in [-0.05, 0) is 40.2 Å². The van der Waals surface area contributed by atoms with E-state index in [1.165, 1.54) is 0 Å². The van der Waals surface area contributed by atoms with Crippen LogP contribution in [-0.4, -0.2) is 21.5 Å². The second kappa shape index (κ2) is 6.50. The van der Waals surface area contributed by atoms with Gasteiger partial charge in [0.05, 0.1) is 10.7 Å². The number of aryl methyl sites for hydroxylation is 1. The summed E-state index contributed by atoms with van der Waals surface area (Å²) >= 11 is 9.57. The molecule has 2 rings (SSSR count). The molecule has 6 heteroatoms. The van der Waals surface area contributed by atoms with Crippen LogP contribution in [0.4, 0.5) is 0 Å². The van der Waals surface area contributed by atoms with E-state index >= 15 is 0 Å². The molecule has 0 aliphatic heterocycles. The summed E-state index contributed by atoms with van der Waals surface area (Å²) in [5.41, 5.74) is 2.12. The number of likely N-dealkylation sites (N-methyl/N-ethyl adjacent to an activating group) is 1. The summed E-state index contributed by atoms with van der Waals surface area (Å²) in [6.07, 6.45) is 2.73. The van der Waals surface area contributed by atoms with E-state index in [0.29, 0.717) is 0 Å². The van der Waals surface area contributed by atoms with E-state index in [9.17, 15) is 0 Å².